The molecule has 0 saturated heterocycles. The second kappa shape index (κ2) is 9.54. The maximum Gasteiger partial charge on any atom is 0.417 e. The van der Waals surface area contributed by atoms with Crippen molar-refractivity contribution < 1.29 is 23.8 Å². The molecule has 2 aromatic carbocycles. The van der Waals surface area contributed by atoms with E-state index in [1.54, 1.807) is 37.6 Å². The lowest BCUT2D eigenvalue weighted by molar-refractivity contribution is 0.0499. The number of unbranched alkanes of at least 4 members (excludes halogenated alkanes) is 1. The van der Waals surface area contributed by atoms with Crippen molar-refractivity contribution in [2.75, 3.05) is 19.0 Å². The van der Waals surface area contributed by atoms with Gasteiger partial charge in [0.15, 0.2) is 0 Å². The van der Waals surface area contributed by atoms with E-state index in [1.165, 1.54) is 12.1 Å². The number of hydrogen-bond donors (Lipinski definition) is 1. The van der Waals surface area contributed by atoms with Crippen molar-refractivity contribution >= 4 is 28.7 Å². The molecule has 1 aromatic heterocycles. The Morgan fingerprint density at radius 2 is 1.86 bits per heavy atom. The highest BCUT2D eigenvalue weighted by molar-refractivity contribution is 5.99. The maximum absolute atomic E-state index is 12.3. The molecule has 0 saturated carbocycles. The van der Waals surface area contributed by atoms with Crippen LogP contribution in [0, 0.1) is 0 Å². The van der Waals surface area contributed by atoms with Gasteiger partial charge in [-0.2, -0.15) is 0 Å². The van der Waals surface area contributed by atoms with Gasteiger partial charge in [-0.05, 0) is 42.8 Å². The Bertz CT molecular complexity index is 1000. The van der Waals surface area contributed by atoms with Crippen molar-refractivity contribution in [2.45, 2.75) is 19.8 Å². The topological polar surface area (TPSA) is 86.8 Å². The van der Waals surface area contributed by atoms with Crippen molar-refractivity contribution in [3.8, 4) is 11.5 Å². The lowest BCUT2D eigenvalue weighted by atomic mass is 10.2. The zero-order valence-electron chi connectivity index (χ0n) is 16.3. The summed E-state index contributed by atoms with van der Waals surface area (Å²) >= 11 is 0. The van der Waals surface area contributed by atoms with Crippen LogP contribution in [0.25, 0.3) is 10.9 Å². The van der Waals surface area contributed by atoms with E-state index in [9.17, 15) is 9.59 Å². The third-order valence-electron chi connectivity index (χ3n) is 4.18. The van der Waals surface area contributed by atoms with E-state index in [4.69, 9.17) is 14.2 Å². The number of rotatable bonds is 7. The molecular weight excluding hydrogens is 372 g/mol. The summed E-state index contributed by atoms with van der Waals surface area (Å²) in [5.74, 6) is 0.489. The molecule has 3 rings (SSSR count). The number of esters is 1. The maximum atomic E-state index is 12.3. The fourth-order valence-corrected chi connectivity index (χ4v) is 2.67. The van der Waals surface area contributed by atoms with Crippen LogP contribution in [0.2, 0.25) is 0 Å². The number of nitrogens with zero attached hydrogens (tertiary/aromatic N) is 1. The fourth-order valence-electron chi connectivity index (χ4n) is 2.67. The predicted molar refractivity (Wildman–Crippen MR) is 110 cm³/mol. The molecule has 1 heterocycles. The molecule has 0 spiro atoms. The van der Waals surface area contributed by atoms with Crippen LogP contribution in [0.15, 0.2) is 54.7 Å². The minimum Gasteiger partial charge on any atom is -0.497 e. The van der Waals surface area contributed by atoms with Crippen LogP contribution in [0.4, 0.5) is 10.5 Å². The van der Waals surface area contributed by atoms with Crippen molar-refractivity contribution in [3.05, 3.63) is 60.3 Å². The van der Waals surface area contributed by atoms with E-state index in [0.717, 1.165) is 18.2 Å². The van der Waals surface area contributed by atoms with E-state index in [2.05, 4.69) is 10.3 Å². The largest absolute Gasteiger partial charge is 0.497 e. The molecule has 1 amide bonds. The molecule has 0 unspecified atom stereocenters. The molecule has 7 nitrogen and oxygen atoms in total. The molecule has 0 atom stereocenters. The molecule has 0 aliphatic heterocycles. The molecule has 29 heavy (non-hydrogen) atoms. The Labute approximate surface area is 168 Å². The molecule has 0 fully saturated rings. The second-order valence-corrected chi connectivity index (χ2v) is 6.28. The summed E-state index contributed by atoms with van der Waals surface area (Å²) in [4.78, 5) is 28.5. The number of nitrogens with one attached hydrogen (secondary N) is 1. The van der Waals surface area contributed by atoms with Gasteiger partial charge in [-0.1, -0.05) is 19.4 Å². The number of carbonyl (C=O) groups excluding carboxylic acids is 2. The highest BCUT2D eigenvalue weighted by Gasteiger charge is 2.12. The third kappa shape index (κ3) is 5.22. The summed E-state index contributed by atoms with van der Waals surface area (Å²) in [5, 5.41) is 3.51. The summed E-state index contributed by atoms with van der Waals surface area (Å²) in [7, 11) is 1.55. The zero-order valence-corrected chi connectivity index (χ0v) is 16.3. The SMILES string of the molecule is CCCCOC(=O)c1ccc(OC(=O)Nc2cc(OC)cc3cccnc23)cc1. The van der Waals surface area contributed by atoms with Crippen LogP contribution >= 0.6 is 0 Å². The molecule has 7 heteroatoms. The first-order valence-corrected chi connectivity index (χ1v) is 9.29. The summed E-state index contributed by atoms with van der Waals surface area (Å²) in [6.45, 7) is 2.41. The van der Waals surface area contributed by atoms with Gasteiger partial charge in [0, 0.05) is 17.6 Å². The van der Waals surface area contributed by atoms with Crippen molar-refractivity contribution in [3.63, 3.8) is 0 Å². The molecule has 0 bridgehead atoms. The molecule has 0 radical (unpaired) electrons. The minimum atomic E-state index is -0.677. The van der Waals surface area contributed by atoms with Crippen LogP contribution in [0.1, 0.15) is 30.1 Å². The molecule has 3 aromatic rings. The summed E-state index contributed by atoms with van der Waals surface area (Å²) in [6, 6.07) is 13.4. The van der Waals surface area contributed by atoms with Gasteiger partial charge >= 0.3 is 12.1 Å². The number of ether oxygens (including phenoxy) is 3. The lowest BCUT2D eigenvalue weighted by Crippen LogP contribution is -2.17. The van der Waals surface area contributed by atoms with Gasteiger partial charge in [0.1, 0.15) is 11.5 Å². The van der Waals surface area contributed by atoms with Gasteiger partial charge in [0.25, 0.3) is 0 Å². The van der Waals surface area contributed by atoms with Crippen LogP contribution < -0.4 is 14.8 Å². The molecule has 1 N–H and O–H groups in total. The first-order chi connectivity index (χ1) is 14.1. The highest BCUT2D eigenvalue weighted by Crippen LogP contribution is 2.28. The van der Waals surface area contributed by atoms with Crippen LogP contribution in [0.3, 0.4) is 0 Å². The van der Waals surface area contributed by atoms with E-state index in [-0.39, 0.29) is 0 Å². The Kier molecular flexibility index (Phi) is 6.63. The average Bonchev–Trinajstić information content (AvgIpc) is 2.74. The number of carbonyl (C=O) groups is 2. The van der Waals surface area contributed by atoms with Crippen LogP contribution in [-0.2, 0) is 4.74 Å². The van der Waals surface area contributed by atoms with E-state index >= 15 is 0 Å². The Morgan fingerprint density at radius 1 is 1.07 bits per heavy atom. The van der Waals surface area contributed by atoms with Crippen molar-refractivity contribution in [1.29, 1.82) is 0 Å². The number of aromatic nitrogens is 1. The Morgan fingerprint density at radius 3 is 2.59 bits per heavy atom. The molecule has 150 valence electrons. The van der Waals surface area contributed by atoms with Gasteiger partial charge in [-0.25, -0.2) is 9.59 Å². The second-order valence-electron chi connectivity index (χ2n) is 6.28. The van der Waals surface area contributed by atoms with Gasteiger partial charge < -0.3 is 14.2 Å². The summed E-state index contributed by atoms with van der Waals surface area (Å²) in [6.07, 6.45) is 2.74. The number of anilines is 1. The van der Waals surface area contributed by atoms with Gasteiger partial charge in [0.2, 0.25) is 0 Å². The molecule has 0 aliphatic carbocycles. The van der Waals surface area contributed by atoms with E-state index in [0.29, 0.717) is 34.9 Å². The standard InChI is InChI=1S/C22H22N2O5/c1-3-4-12-28-21(25)15-7-9-17(10-8-15)29-22(26)24-19-14-18(27-2)13-16-6-5-11-23-20(16)19/h5-11,13-14H,3-4,12H2,1-2H3,(H,24,26). The van der Waals surface area contributed by atoms with Gasteiger partial charge in [-0.3, -0.25) is 10.3 Å². The van der Waals surface area contributed by atoms with Crippen LogP contribution in [0.5, 0.6) is 11.5 Å². The quantitative estimate of drug-likeness (QED) is 0.457. The summed E-state index contributed by atoms with van der Waals surface area (Å²) < 4.78 is 15.7. The first-order valence-electron chi connectivity index (χ1n) is 9.29. The Balaban J connectivity index is 1.67. The van der Waals surface area contributed by atoms with E-state index < -0.39 is 12.1 Å². The normalized spacial score (nSPS) is 10.4. The smallest absolute Gasteiger partial charge is 0.417 e. The number of amides is 1. The number of benzene rings is 2. The number of pyridine rings is 1. The minimum absolute atomic E-state index is 0.299. The number of methoxy groups -OCH3 is 1. The predicted octanol–water partition coefficient (Wildman–Crippen LogP) is 4.81. The van der Waals surface area contributed by atoms with Gasteiger partial charge in [-0.15, -0.1) is 0 Å². The van der Waals surface area contributed by atoms with E-state index in [1.807, 2.05) is 19.1 Å². The van der Waals surface area contributed by atoms with Crippen LogP contribution in [-0.4, -0.2) is 30.8 Å². The average molecular weight is 394 g/mol. The zero-order chi connectivity index (χ0) is 20.6. The van der Waals surface area contributed by atoms with Crippen molar-refractivity contribution in [2.24, 2.45) is 0 Å². The molecule has 0 aliphatic rings. The number of hydrogen-bond acceptors (Lipinski definition) is 6. The molecular formula is C22H22N2O5. The fraction of sp³-hybridized carbons (Fsp3) is 0.227. The van der Waals surface area contributed by atoms with Crippen molar-refractivity contribution in [1.82, 2.24) is 4.98 Å². The highest BCUT2D eigenvalue weighted by atomic mass is 16.6. The first kappa shape index (κ1) is 20.1. The van der Waals surface area contributed by atoms with Gasteiger partial charge in [0.05, 0.1) is 30.5 Å². The monoisotopic (exact) mass is 394 g/mol. The third-order valence-corrected chi connectivity index (χ3v) is 4.18. The Hall–Kier alpha value is -3.61. The lowest BCUT2D eigenvalue weighted by Gasteiger charge is -2.11. The summed E-state index contributed by atoms with van der Waals surface area (Å²) in [5.41, 5.74) is 1.49. The number of fused-ring (bicyclic) bond motifs is 1.